The van der Waals surface area contributed by atoms with E-state index in [2.05, 4.69) is 18.9 Å². The highest BCUT2D eigenvalue weighted by Crippen LogP contribution is 2.12. The van der Waals surface area contributed by atoms with Crippen molar-refractivity contribution in [2.75, 3.05) is 0 Å². The summed E-state index contributed by atoms with van der Waals surface area (Å²) >= 11 is 0. The molecule has 6 nitrogen and oxygen atoms in total. The number of hydrogen-bond acceptors (Lipinski definition) is 6. The summed E-state index contributed by atoms with van der Waals surface area (Å²) in [6, 6.07) is 0. The van der Waals surface area contributed by atoms with E-state index < -0.39 is 50.6 Å². The van der Waals surface area contributed by atoms with Crippen LogP contribution in [-0.4, -0.2) is 37.7 Å². The van der Waals surface area contributed by atoms with E-state index in [0.717, 1.165) is 13.8 Å². The van der Waals surface area contributed by atoms with Crippen LogP contribution in [0, 0.1) is 0 Å². The monoisotopic (exact) mass is 306 g/mol. The van der Waals surface area contributed by atoms with Crippen LogP contribution in [0.1, 0.15) is 26.7 Å². The van der Waals surface area contributed by atoms with E-state index in [9.17, 15) is 27.2 Å². The number of hydrogen-bond donors (Lipinski definition) is 0. The zero-order valence-corrected chi connectivity index (χ0v) is 10.7. The summed E-state index contributed by atoms with van der Waals surface area (Å²) in [7, 11) is 0. The fourth-order valence-electron chi connectivity index (χ4n) is 0.909. The van der Waals surface area contributed by atoms with Crippen molar-refractivity contribution in [1.29, 1.82) is 0 Å². The standard InChI is InChI=1S/C10H14F4O6/c1-5(11)17-9(15)19-7(13)3-4-8(14)20-10(16)18-6(2)12/h5-8H,3-4H2,1-2H3/t5-,6-,7-,8+/m0/s1. The molecule has 0 aromatic heterocycles. The van der Waals surface area contributed by atoms with Gasteiger partial charge in [0.2, 0.25) is 25.4 Å². The van der Waals surface area contributed by atoms with Crippen LogP contribution in [0.4, 0.5) is 27.2 Å². The van der Waals surface area contributed by atoms with Crippen molar-refractivity contribution in [2.45, 2.75) is 52.1 Å². The zero-order chi connectivity index (χ0) is 15.7. The van der Waals surface area contributed by atoms with Crippen molar-refractivity contribution < 1.29 is 46.1 Å². The second kappa shape index (κ2) is 9.21. The molecule has 0 aliphatic rings. The Labute approximate surface area is 111 Å². The van der Waals surface area contributed by atoms with Gasteiger partial charge in [-0.15, -0.1) is 0 Å². The number of halogens is 4. The van der Waals surface area contributed by atoms with Crippen molar-refractivity contribution in [2.24, 2.45) is 0 Å². The number of carbonyl (C=O) groups excluding carboxylic acids is 2. The molecule has 0 amide bonds. The van der Waals surface area contributed by atoms with Gasteiger partial charge in [-0.05, 0) is 0 Å². The molecule has 118 valence electrons. The Morgan fingerprint density at radius 1 is 0.750 bits per heavy atom. The molecule has 0 saturated carbocycles. The third-order valence-corrected chi connectivity index (χ3v) is 1.59. The first-order chi connectivity index (χ1) is 9.20. The van der Waals surface area contributed by atoms with E-state index in [1.54, 1.807) is 0 Å². The molecule has 0 rings (SSSR count). The van der Waals surface area contributed by atoms with Gasteiger partial charge in [0.15, 0.2) is 0 Å². The molecular weight excluding hydrogens is 292 g/mol. The lowest BCUT2D eigenvalue weighted by atomic mass is 10.3. The first-order valence-electron chi connectivity index (χ1n) is 5.51. The summed E-state index contributed by atoms with van der Waals surface area (Å²) in [6.45, 7) is 1.74. The maximum absolute atomic E-state index is 13.0. The minimum Gasteiger partial charge on any atom is -0.400 e. The molecule has 0 aliphatic carbocycles. The largest absolute Gasteiger partial charge is 0.513 e. The molecule has 0 bridgehead atoms. The normalized spacial score (nSPS) is 16.5. The average molecular weight is 306 g/mol. The SMILES string of the molecule is C[C@@H](F)OC(=O)O[C@H](F)CC[C@H](F)OC(=O)O[C@@H](C)F. The fraction of sp³-hybridized carbons (Fsp3) is 0.800. The number of carbonyl (C=O) groups is 2. The average Bonchev–Trinajstić information content (AvgIpc) is 2.23. The summed E-state index contributed by atoms with van der Waals surface area (Å²) < 4.78 is 65.7. The van der Waals surface area contributed by atoms with Crippen LogP contribution < -0.4 is 0 Å². The molecule has 0 aliphatic heterocycles. The van der Waals surface area contributed by atoms with E-state index in [1.165, 1.54) is 0 Å². The van der Waals surface area contributed by atoms with Crippen molar-refractivity contribution in [3.05, 3.63) is 0 Å². The smallest absolute Gasteiger partial charge is 0.400 e. The Morgan fingerprint density at radius 3 is 1.30 bits per heavy atom. The van der Waals surface area contributed by atoms with Crippen LogP contribution in [0.15, 0.2) is 0 Å². The molecule has 4 atom stereocenters. The highest BCUT2D eigenvalue weighted by Gasteiger charge is 2.21. The summed E-state index contributed by atoms with van der Waals surface area (Å²) in [5.41, 5.74) is 0. The molecule has 0 heterocycles. The number of alkyl halides is 4. The molecular formula is C10H14F4O6. The molecule has 0 unspecified atom stereocenters. The van der Waals surface area contributed by atoms with Crippen LogP contribution in [0.3, 0.4) is 0 Å². The molecule has 0 fully saturated rings. The summed E-state index contributed by atoms with van der Waals surface area (Å²) in [5.74, 6) is 0. The molecule has 0 aromatic carbocycles. The van der Waals surface area contributed by atoms with Crippen LogP contribution in [0.25, 0.3) is 0 Å². The third kappa shape index (κ3) is 10.2. The van der Waals surface area contributed by atoms with Gasteiger partial charge in [0.1, 0.15) is 0 Å². The summed E-state index contributed by atoms with van der Waals surface area (Å²) in [5, 5.41) is 0. The Kier molecular flexibility index (Phi) is 8.41. The van der Waals surface area contributed by atoms with Gasteiger partial charge < -0.3 is 18.9 Å². The molecule has 0 radical (unpaired) electrons. The van der Waals surface area contributed by atoms with Gasteiger partial charge in [0.25, 0.3) is 0 Å². The molecule has 20 heavy (non-hydrogen) atoms. The van der Waals surface area contributed by atoms with Gasteiger partial charge in [0.05, 0.1) is 0 Å². The maximum atomic E-state index is 13.0. The molecule has 0 spiro atoms. The Bertz CT molecular complexity index is 282. The lowest BCUT2D eigenvalue weighted by Gasteiger charge is -2.13. The molecule has 0 N–H and O–H groups in total. The Hall–Kier alpha value is -1.74. The van der Waals surface area contributed by atoms with E-state index in [1.807, 2.05) is 0 Å². The molecule has 0 aromatic rings. The van der Waals surface area contributed by atoms with Crippen molar-refractivity contribution in [1.82, 2.24) is 0 Å². The van der Waals surface area contributed by atoms with E-state index in [-0.39, 0.29) is 0 Å². The molecule has 0 saturated heterocycles. The highest BCUT2D eigenvalue weighted by atomic mass is 19.2. The van der Waals surface area contributed by atoms with Gasteiger partial charge >= 0.3 is 12.3 Å². The van der Waals surface area contributed by atoms with Crippen molar-refractivity contribution >= 4 is 12.3 Å². The van der Waals surface area contributed by atoms with Gasteiger partial charge in [-0.25, -0.2) is 27.2 Å². The van der Waals surface area contributed by atoms with E-state index in [4.69, 9.17) is 0 Å². The first-order valence-corrected chi connectivity index (χ1v) is 5.51. The van der Waals surface area contributed by atoms with Crippen LogP contribution in [0.2, 0.25) is 0 Å². The number of ether oxygens (including phenoxy) is 4. The third-order valence-electron chi connectivity index (χ3n) is 1.59. The fourth-order valence-corrected chi connectivity index (χ4v) is 0.909. The summed E-state index contributed by atoms with van der Waals surface area (Å²) in [6.07, 6.45) is -13.1. The van der Waals surface area contributed by atoms with Gasteiger partial charge in [-0.3, -0.25) is 0 Å². The van der Waals surface area contributed by atoms with E-state index in [0.29, 0.717) is 0 Å². The summed E-state index contributed by atoms with van der Waals surface area (Å²) in [4.78, 5) is 21.3. The first kappa shape index (κ1) is 18.3. The highest BCUT2D eigenvalue weighted by molar-refractivity contribution is 5.60. The van der Waals surface area contributed by atoms with Gasteiger partial charge in [0, 0.05) is 26.7 Å². The second-order valence-corrected chi connectivity index (χ2v) is 3.45. The predicted molar refractivity (Wildman–Crippen MR) is 55.3 cm³/mol. The van der Waals surface area contributed by atoms with Crippen LogP contribution >= 0.6 is 0 Å². The van der Waals surface area contributed by atoms with Crippen molar-refractivity contribution in [3.8, 4) is 0 Å². The van der Waals surface area contributed by atoms with Crippen molar-refractivity contribution in [3.63, 3.8) is 0 Å². The zero-order valence-electron chi connectivity index (χ0n) is 10.7. The quantitative estimate of drug-likeness (QED) is 0.531. The lowest BCUT2D eigenvalue weighted by Crippen LogP contribution is -2.21. The van der Waals surface area contributed by atoms with Gasteiger partial charge in [-0.2, -0.15) is 0 Å². The minimum atomic E-state index is -2.28. The lowest BCUT2D eigenvalue weighted by molar-refractivity contribution is -0.0914. The Balaban J connectivity index is 3.85. The van der Waals surface area contributed by atoms with Crippen LogP contribution in [-0.2, 0) is 18.9 Å². The second-order valence-electron chi connectivity index (χ2n) is 3.45. The van der Waals surface area contributed by atoms with E-state index >= 15 is 0 Å². The van der Waals surface area contributed by atoms with Crippen LogP contribution in [0.5, 0.6) is 0 Å². The number of rotatable bonds is 7. The molecule has 10 heteroatoms. The predicted octanol–water partition coefficient (Wildman–Crippen LogP) is 3.30. The van der Waals surface area contributed by atoms with Gasteiger partial charge in [-0.1, -0.05) is 0 Å². The Morgan fingerprint density at radius 2 is 1.05 bits per heavy atom. The maximum Gasteiger partial charge on any atom is 0.513 e. The minimum absolute atomic E-state index is 0.685. The topological polar surface area (TPSA) is 71.1 Å².